The third-order valence-corrected chi connectivity index (χ3v) is 4.30. The van der Waals surface area contributed by atoms with Crippen LogP contribution in [-0.4, -0.2) is 12.5 Å². The second-order valence-corrected chi connectivity index (χ2v) is 6.20. The van der Waals surface area contributed by atoms with Gasteiger partial charge in [0.15, 0.2) is 0 Å². The zero-order valence-electron chi connectivity index (χ0n) is 15.8. The van der Waals surface area contributed by atoms with Gasteiger partial charge < -0.3 is 10.2 Å². The zero-order chi connectivity index (χ0) is 19.1. The summed E-state index contributed by atoms with van der Waals surface area (Å²) >= 11 is 0. The first kappa shape index (κ1) is 19.3. The van der Waals surface area contributed by atoms with Gasteiger partial charge in [-0.1, -0.05) is 37.3 Å². The first-order valence-corrected chi connectivity index (χ1v) is 8.85. The van der Waals surface area contributed by atoms with Crippen molar-refractivity contribution in [2.45, 2.75) is 34.1 Å². The highest BCUT2D eigenvalue weighted by atomic mass is 16.1. The number of para-hydroxylation sites is 1. The topological polar surface area (TPSA) is 56.1 Å². The van der Waals surface area contributed by atoms with Gasteiger partial charge in [-0.25, -0.2) is 0 Å². The summed E-state index contributed by atoms with van der Waals surface area (Å²) < 4.78 is 0. The second kappa shape index (κ2) is 8.87. The molecule has 0 unspecified atom stereocenters. The van der Waals surface area contributed by atoms with E-state index in [1.165, 1.54) is 0 Å². The quantitative estimate of drug-likeness (QED) is 0.606. The molecule has 0 radical (unpaired) electrons. The molecule has 0 fully saturated rings. The predicted molar refractivity (Wildman–Crippen MR) is 107 cm³/mol. The van der Waals surface area contributed by atoms with Crippen LogP contribution in [0, 0.1) is 25.2 Å². The van der Waals surface area contributed by atoms with Crippen molar-refractivity contribution in [3.63, 3.8) is 0 Å². The van der Waals surface area contributed by atoms with E-state index in [2.05, 4.69) is 5.32 Å². The van der Waals surface area contributed by atoms with Crippen molar-refractivity contribution in [1.82, 2.24) is 0 Å². The average molecular weight is 347 g/mol. The van der Waals surface area contributed by atoms with E-state index >= 15 is 0 Å². The number of hydrogen-bond donors (Lipinski definition) is 1. The normalized spacial score (nSPS) is 11.0. The number of rotatable bonds is 6. The van der Waals surface area contributed by atoms with Crippen molar-refractivity contribution in [1.29, 1.82) is 5.26 Å². The molecule has 4 nitrogen and oxygen atoms in total. The number of anilines is 2. The SMILES string of the molecule is CCc1cccc(C)c1NC(=O)/C(C#N)=C\N(CC)c1cccc(C)c1. The molecule has 1 N–H and O–H groups in total. The third-order valence-electron chi connectivity index (χ3n) is 4.30. The Balaban J connectivity index is 2.31. The van der Waals surface area contributed by atoms with E-state index in [1.54, 1.807) is 6.20 Å². The van der Waals surface area contributed by atoms with Crippen molar-refractivity contribution < 1.29 is 4.79 Å². The van der Waals surface area contributed by atoms with Crippen LogP contribution in [0.1, 0.15) is 30.5 Å². The molecule has 4 heteroatoms. The zero-order valence-corrected chi connectivity index (χ0v) is 15.8. The molecule has 1 amide bonds. The van der Waals surface area contributed by atoms with Gasteiger partial charge in [0.05, 0.1) is 0 Å². The summed E-state index contributed by atoms with van der Waals surface area (Å²) in [6.07, 6.45) is 2.43. The lowest BCUT2D eigenvalue weighted by Gasteiger charge is -2.20. The molecule has 0 heterocycles. The predicted octanol–water partition coefficient (Wildman–Crippen LogP) is 4.74. The molecule has 2 aromatic carbocycles. The van der Waals surface area contributed by atoms with Crippen molar-refractivity contribution in [3.8, 4) is 6.07 Å². The Kier molecular flexibility index (Phi) is 6.57. The van der Waals surface area contributed by atoms with Crippen LogP contribution >= 0.6 is 0 Å². The molecule has 134 valence electrons. The lowest BCUT2D eigenvalue weighted by atomic mass is 10.1. The van der Waals surface area contributed by atoms with Crippen LogP contribution in [0.25, 0.3) is 0 Å². The van der Waals surface area contributed by atoms with Gasteiger partial charge in [-0.3, -0.25) is 4.79 Å². The summed E-state index contributed by atoms with van der Waals surface area (Å²) in [6, 6.07) is 15.9. The number of nitriles is 1. The van der Waals surface area contributed by atoms with Crippen LogP contribution in [0.4, 0.5) is 11.4 Å². The molecule has 0 aliphatic heterocycles. The number of aryl methyl sites for hydroxylation is 3. The Hall–Kier alpha value is -3.06. The van der Waals surface area contributed by atoms with E-state index in [1.807, 2.05) is 81.1 Å². The smallest absolute Gasteiger partial charge is 0.267 e. The average Bonchev–Trinajstić information content (AvgIpc) is 2.64. The monoisotopic (exact) mass is 347 g/mol. The Labute approximate surface area is 155 Å². The maximum absolute atomic E-state index is 12.7. The fourth-order valence-electron chi connectivity index (χ4n) is 2.83. The van der Waals surface area contributed by atoms with Gasteiger partial charge in [0, 0.05) is 24.1 Å². The summed E-state index contributed by atoms with van der Waals surface area (Å²) in [7, 11) is 0. The van der Waals surface area contributed by atoms with Gasteiger partial charge in [-0.2, -0.15) is 5.26 Å². The van der Waals surface area contributed by atoms with E-state index in [9.17, 15) is 10.1 Å². The van der Waals surface area contributed by atoms with Crippen molar-refractivity contribution >= 4 is 17.3 Å². The Bertz CT molecular complexity index is 862. The fourth-order valence-corrected chi connectivity index (χ4v) is 2.83. The summed E-state index contributed by atoms with van der Waals surface area (Å²) in [4.78, 5) is 14.6. The van der Waals surface area contributed by atoms with Gasteiger partial charge in [0.2, 0.25) is 0 Å². The number of amides is 1. The highest BCUT2D eigenvalue weighted by Crippen LogP contribution is 2.22. The van der Waals surface area contributed by atoms with Crippen molar-refractivity contribution in [2.75, 3.05) is 16.8 Å². The fraction of sp³-hybridized carbons (Fsp3) is 0.273. The van der Waals surface area contributed by atoms with Gasteiger partial charge in [0.1, 0.15) is 11.6 Å². The molecule has 2 aromatic rings. The number of nitrogens with zero attached hydrogens (tertiary/aromatic N) is 2. The van der Waals surface area contributed by atoms with Crippen LogP contribution in [0.3, 0.4) is 0 Å². The minimum atomic E-state index is -0.386. The van der Waals surface area contributed by atoms with E-state index in [0.717, 1.165) is 34.5 Å². The molecule has 0 atom stereocenters. The second-order valence-electron chi connectivity index (χ2n) is 6.20. The molecule has 2 rings (SSSR count). The van der Waals surface area contributed by atoms with Crippen LogP contribution < -0.4 is 10.2 Å². The lowest BCUT2D eigenvalue weighted by Crippen LogP contribution is -2.21. The first-order valence-electron chi connectivity index (χ1n) is 8.85. The molecule has 0 aliphatic carbocycles. The number of benzene rings is 2. The molecule has 26 heavy (non-hydrogen) atoms. The highest BCUT2D eigenvalue weighted by molar-refractivity contribution is 6.07. The van der Waals surface area contributed by atoms with Crippen LogP contribution in [0.15, 0.2) is 54.2 Å². The molecule has 0 saturated heterocycles. The van der Waals surface area contributed by atoms with Crippen LogP contribution in [-0.2, 0) is 11.2 Å². The number of nitrogens with one attached hydrogen (secondary N) is 1. The Morgan fingerprint density at radius 1 is 1.19 bits per heavy atom. The molecule has 0 saturated carbocycles. The Morgan fingerprint density at radius 3 is 2.54 bits per heavy atom. The minimum Gasteiger partial charge on any atom is -0.347 e. The van der Waals surface area contributed by atoms with Gasteiger partial charge >= 0.3 is 0 Å². The maximum atomic E-state index is 12.7. The molecular weight excluding hydrogens is 322 g/mol. The number of carbonyl (C=O) groups excluding carboxylic acids is 1. The van der Waals surface area contributed by atoms with E-state index in [-0.39, 0.29) is 11.5 Å². The molecule has 0 spiro atoms. The summed E-state index contributed by atoms with van der Waals surface area (Å²) in [5, 5.41) is 12.4. The summed E-state index contributed by atoms with van der Waals surface area (Å²) in [6.45, 7) is 8.66. The van der Waals surface area contributed by atoms with Crippen molar-refractivity contribution in [2.24, 2.45) is 0 Å². The van der Waals surface area contributed by atoms with Crippen LogP contribution in [0.2, 0.25) is 0 Å². The van der Waals surface area contributed by atoms with E-state index < -0.39 is 0 Å². The largest absolute Gasteiger partial charge is 0.347 e. The minimum absolute atomic E-state index is 0.0821. The number of hydrogen-bond acceptors (Lipinski definition) is 3. The highest BCUT2D eigenvalue weighted by Gasteiger charge is 2.15. The standard InChI is InChI=1S/C22H25N3O/c1-5-18-11-8-10-17(4)21(18)24-22(26)19(14-23)15-25(6-2)20-12-7-9-16(3)13-20/h7-13,15H,5-6H2,1-4H3,(H,24,26)/b19-15-. The third kappa shape index (κ3) is 4.52. The Morgan fingerprint density at radius 2 is 1.92 bits per heavy atom. The van der Waals surface area contributed by atoms with Crippen LogP contribution in [0.5, 0.6) is 0 Å². The summed E-state index contributed by atoms with van der Waals surface area (Å²) in [5.74, 6) is -0.386. The molecule has 0 aromatic heterocycles. The van der Waals surface area contributed by atoms with E-state index in [0.29, 0.717) is 6.54 Å². The van der Waals surface area contributed by atoms with E-state index in [4.69, 9.17) is 0 Å². The van der Waals surface area contributed by atoms with Gasteiger partial charge in [0.25, 0.3) is 5.91 Å². The first-order chi connectivity index (χ1) is 12.5. The van der Waals surface area contributed by atoms with Crippen molar-refractivity contribution in [3.05, 3.63) is 70.9 Å². The lowest BCUT2D eigenvalue weighted by molar-refractivity contribution is -0.112. The van der Waals surface area contributed by atoms with Gasteiger partial charge in [-0.05, 0) is 56.0 Å². The molecule has 0 aliphatic rings. The maximum Gasteiger partial charge on any atom is 0.267 e. The summed E-state index contributed by atoms with van der Waals surface area (Å²) in [5.41, 5.74) is 5.00. The van der Waals surface area contributed by atoms with Gasteiger partial charge in [-0.15, -0.1) is 0 Å². The molecular formula is C22H25N3O. The number of carbonyl (C=O) groups is 1. The molecule has 0 bridgehead atoms.